The fraction of sp³-hybridized carbons (Fsp3) is 0.500. The summed E-state index contributed by atoms with van der Waals surface area (Å²) in [5.74, 6) is 0.568. The molecular formula is C12H14Cl3NO. The predicted octanol–water partition coefficient (Wildman–Crippen LogP) is 3.43. The second kappa shape index (κ2) is 6.26. The van der Waals surface area contributed by atoms with Crippen LogP contribution in [-0.2, 0) is 11.3 Å². The Balaban J connectivity index is 2.11. The lowest BCUT2D eigenvalue weighted by Crippen LogP contribution is -2.45. The van der Waals surface area contributed by atoms with Gasteiger partial charge in [-0.25, -0.2) is 0 Å². The van der Waals surface area contributed by atoms with E-state index in [1.807, 2.05) is 12.1 Å². The lowest BCUT2D eigenvalue weighted by molar-refractivity contribution is -0.00302. The average molecular weight is 295 g/mol. The first-order valence-corrected chi connectivity index (χ1v) is 6.82. The minimum absolute atomic E-state index is 0.250. The van der Waals surface area contributed by atoms with Crippen molar-refractivity contribution in [3.8, 4) is 0 Å². The van der Waals surface area contributed by atoms with Gasteiger partial charge in [-0.05, 0) is 11.6 Å². The zero-order chi connectivity index (χ0) is 12.3. The van der Waals surface area contributed by atoms with Gasteiger partial charge in [0.25, 0.3) is 0 Å². The highest BCUT2D eigenvalue weighted by Crippen LogP contribution is 2.27. The highest BCUT2D eigenvalue weighted by atomic mass is 35.5. The molecule has 2 nitrogen and oxygen atoms in total. The summed E-state index contributed by atoms with van der Waals surface area (Å²) in [5, 5.41) is 1.23. The number of nitrogens with zero attached hydrogens (tertiary/aromatic N) is 1. The van der Waals surface area contributed by atoms with Crippen LogP contribution in [0.4, 0.5) is 0 Å². The molecule has 1 aliphatic rings. The number of halogens is 3. The zero-order valence-electron chi connectivity index (χ0n) is 9.33. The monoisotopic (exact) mass is 293 g/mol. The molecule has 0 saturated carbocycles. The molecule has 1 aromatic carbocycles. The van der Waals surface area contributed by atoms with Crippen molar-refractivity contribution in [1.29, 1.82) is 0 Å². The van der Waals surface area contributed by atoms with Gasteiger partial charge in [-0.3, -0.25) is 4.90 Å². The van der Waals surface area contributed by atoms with Gasteiger partial charge in [0.15, 0.2) is 0 Å². The van der Waals surface area contributed by atoms with Crippen LogP contribution in [0.3, 0.4) is 0 Å². The third-order valence-corrected chi connectivity index (χ3v) is 4.15. The molecule has 1 aromatic rings. The molecule has 0 radical (unpaired) electrons. The van der Waals surface area contributed by atoms with Crippen molar-refractivity contribution in [2.45, 2.75) is 12.6 Å². The van der Waals surface area contributed by atoms with Gasteiger partial charge >= 0.3 is 0 Å². The van der Waals surface area contributed by atoms with E-state index in [1.54, 1.807) is 6.07 Å². The predicted molar refractivity (Wildman–Crippen MR) is 72.2 cm³/mol. The molecule has 0 aliphatic carbocycles. The number of hydrogen-bond acceptors (Lipinski definition) is 2. The molecule has 5 heteroatoms. The molecule has 0 N–H and O–H groups in total. The molecule has 1 unspecified atom stereocenters. The minimum atomic E-state index is 0.250. The van der Waals surface area contributed by atoms with Gasteiger partial charge in [-0.1, -0.05) is 35.3 Å². The molecule has 0 amide bonds. The fourth-order valence-electron chi connectivity index (χ4n) is 1.93. The Morgan fingerprint density at radius 2 is 2.18 bits per heavy atom. The van der Waals surface area contributed by atoms with E-state index in [0.717, 1.165) is 25.3 Å². The van der Waals surface area contributed by atoms with Gasteiger partial charge < -0.3 is 4.74 Å². The van der Waals surface area contributed by atoms with E-state index < -0.39 is 0 Å². The number of ether oxygens (including phenoxy) is 1. The molecular weight excluding hydrogens is 280 g/mol. The largest absolute Gasteiger partial charge is 0.378 e. The normalized spacial score (nSPS) is 21.7. The topological polar surface area (TPSA) is 12.5 Å². The van der Waals surface area contributed by atoms with Crippen LogP contribution in [0.15, 0.2) is 18.2 Å². The summed E-state index contributed by atoms with van der Waals surface area (Å²) in [7, 11) is 0. The molecule has 1 aliphatic heterocycles. The van der Waals surface area contributed by atoms with Crippen molar-refractivity contribution < 1.29 is 4.74 Å². The third kappa shape index (κ3) is 3.27. The molecule has 1 heterocycles. The summed E-state index contributed by atoms with van der Waals surface area (Å²) < 4.78 is 5.41. The van der Waals surface area contributed by atoms with Crippen molar-refractivity contribution in [1.82, 2.24) is 4.90 Å². The first-order valence-electron chi connectivity index (χ1n) is 5.53. The number of hydrogen-bond donors (Lipinski definition) is 0. The maximum Gasteiger partial charge on any atom is 0.0637 e. The first kappa shape index (κ1) is 13.4. The summed E-state index contributed by atoms with van der Waals surface area (Å²) in [4.78, 5) is 2.29. The third-order valence-electron chi connectivity index (χ3n) is 2.93. The van der Waals surface area contributed by atoms with E-state index in [0.29, 0.717) is 22.5 Å². The highest BCUT2D eigenvalue weighted by molar-refractivity contribution is 6.42. The van der Waals surface area contributed by atoms with Gasteiger partial charge in [-0.15, -0.1) is 11.6 Å². The van der Waals surface area contributed by atoms with Crippen molar-refractivity contribution in [2.75, 3.05) is 25.6 Å². The van der Waals surface area contributed by atoms with E-state index in [4.69, 9.17) is 39.5 Å². The van der Waals surface area contributed by atoms with Crippen molar-refractivity contribution >= 4 is 34.8 Å². The van der Waals surface area contributed by atoms with Crippen LogP contribution < -0.4 is 0 Å². The molecule has 94 valence electrons. The van der Waals surface area contributed by atoms with Gasteiger partial charge in [0.2, 0.25) is 0 Å². The van der Waals surface area contributed by atoms with E-state index in [-0.39, 0.29) is 6.04 Å². The Hall–Kier alpha value is 0.01000. The Labute approximate surface area is 116 Å². The van der Waals surface area contributed by atoms with Crippen molar-refractivity contribution in [2.24, 2.45) is 0 Å². The number of morpholine rings is 1. The smallest absolute Gasteiger partial charge is 0.0637 e. The summed E-state index contributed by atoms with van der Waals surface area (Å²) in [6.07, 6.45) is 0. The average Bonchev–Trinajstić information content (AvgIpc) is 2.35. The van der Waals surface area contributed by atoms with E-state index in [1.165, 1.54) is 0 Å². The SMILES string of the molecule is ClCC1COCCN1Cc1cccc(Cl)c1Cl. The molecule has 0 spiro atoms. The fourth-order valence-corrected chi connectivity index (χ4v) is 2.59. The van der Waals surface area contributed by atoms with Crippen LogP contribution in [0.2, 0.25) is 10.0 Å². The first-order chi connectivity index (χ1) is 8.22. The van der Waals surface area contributed by atoms with Crippen molar-refractivity contribution in [3.05, 3.63) is 33.8 Å². The summed E-state index contributed by atoms with van der Waals surface area (Å²) in [6.45, 7) is 3.06. The van der Waals surface area contributed by atoms with Crippen LogP contribution >= 0.6 is 34.8 Å². The van der Waals surface area contributed by atoms with Crippen LogP contribution in [-0.4, -0.2) is 36.6 Å². The van der Waals surface area contributed by atoms with E-state index in [2.05, 4.69) is 4.90 Å². The molecule has 1 saturated heterocycles. The molecule has 1 fully saturated rings. The minimum Gasteiger partial charge on any atom is -0.378 e. The zero-order valence-corrected chi connectivity index (χ0v) is 11.6. The summed E-state index contributed by atoms with van der Waals surface area (Å²) in [6, 6.07) is 5.96. The maximum absolute atomic E-state index is 6.18. The van der Waals surface area contributed by atoms with E-state index in [9.17, 15) is 0 Å². The highest BCUT2D eigenvalue weighted by Gasteiger charge is 2.22. The second-order valence-corrected chi connectivity index (χ2v) is 5.16. The summed E-state index contributed by atoms with van der Waals surface area (Å²) in [5.41, 5.74) is 1.04. The maximum atomic E-state index is 6.18. The van der Waals surface area contributed by atoms with Gasteiger partial charge in [0.05, 0.1) is 23.3 Å². The lowest BCUT2D eigenvalue weighted by atomic mass is 10.1. The van der Waals surface area contributed by atoms with Crippen molar-refractivity contribution in [3.63, 3.8) is 0 Å². The molecule has 2 rings (SSSR count). The number of rotatable bonds is 3. The molecule has 0 bridgehead atoms. The van der Waals surface area contributed by atoms with Gasteiger partial charge in [0.1, 0.15) is 0 Å². The summed E-state index contributed by atoms with van der Waals surface area (Å²) >= 11 is 18.1. The van der Waals surface area contributed by atoms with Crippen LogP contribution in [0.1, 0.15) is 5.56 Å². The van der Waals surface area contributed by atoms with Crippen LogP contribution in [0, 0.1) is 0 Å². The standard InChI is InChI=1S/C12H14Cl3NO/c13-6-10-8-17-5-4-16(10)7-9-2-1-3-11(14)12(9)15/h1-3,10H,4-8H2. The number of alkyl halides is 1. The Kier molecular flexibility index (Phi) is 4.95. The Morgan fingerprint density at radius 3 is 2.94 bits per heavy atom. The van der Waals surface area contributed by atoms with E-state index >= 15 is 0 Å². The molecule has 1 atom stereocenters. The Bertz CT molecular complexity index is 386. The number of benzene rings is 1. The quantitative estimate of drug-likeness (QED) is 0.792. The van der Waals surface area contributed by atoms with Crippen LogP contribution in [0.5, 0.6) is 0 Å². The van der Waals surface area contributed by atoms with Gasteiger partial charge in [-0.2, -0.15) is 0 Å². The van der Waals surface area contributed by atoms with Gasteiger partial charge in [0, 0.05) is 25.0 Å². The second-order valence-electron chi connectivity index (χ2n) is 4.07. The molecule has 0 aromatic heterocycles. The molecule has 17 heavy (non-hydrogen) atoms. The Morgan fingerprint density at radius 1 is 1.35 bits per heavy atom. The lowest BCUT2D eigenvalue weighted by Gasteiger charge is -2.34. The van der Waals surface area contributed by atoms with Crippen LogP contribution in [0.25, 0.3) is 0 Å².